The highest BCUT2D eigenvalue weighted by atomic mass is 35.5. The molecule has 24 heavy (non-hydrogen) atoms. The summed E-state index contributed by atoms with van der Waals surface area (Å²) in [7, 11) is 1.67. The van der Waals surface area contributed by atoms with Crippen molar-refractivity contribution in [2.75, 3.05) is 20.3 Å². The van der Waals surface area contributed by atoms with Crippen LogP contribution in [-0.4, -0.2) is 34.7 Å². The Morgan fingerprint density at radius 2 is 2.21 bits per heavy atom. The number of imidazole rings is 1. The van der Waals surface area contributed by atoms with E-state index in [2.05, 4.69) is 9.97 Å². The fraction of sp³-hybridized carbons (Fsp3) is 0.375. The summed E-state index contributed by atoms with van der Waals surface area (Å²) in [5.74, 6) is 1.14. The van der Waals surface area contributed by atoms with Gasteiger partial charge in [0.25, 0.3) is 5.56 Å². The van der Waals surface area contributed by atoms with E-state index in [-0.39, 0.29) is 36.3 Å². The summed E-state index contributed by atoms with van der Waals surface area (Å²) in [5.41, 5.74) is 3.26. The quantitative estimate of drug-likeness (QED) is 0.768. The van der Waals surface area contributed by atoms with Gasteiger partial charge in [0.2, 0.25) is 0 Å². The Labute approximate surface area is 151 Å². The molecule has 1 N–H and O–H groups in total. The minimum absolute atomic E-state index is 0. The molecule has 1 saturated heterocycles. The van der Waals surface area contributed by atoms with E-state index in [1.54, 1.807) is 13.3 Å². The Morgan fingerprint density at radius 3 is 2.92 bits per heavy atom. The number of nitrogens with zero attached hydrogens (tertiary/aromatic N) is 2. The second-order valence-corrected chi connectivity index (χ2v) is 5.64. The molecule has 0 aliphatic carbocycles. The van der Waals surface area contributed by atoms with Gasteiger partial charge in [-0.25, -0.2) is 4.98 Å². The van der Waals surface area contributed by atoms with E-state index in [9.17, 15) is 4.79 Å². The Hall–Kier alpha value is -1.60. The van der Waals surface area contributed by atoms with Gasteiger partial charge in [0.15, 0.2) is 0 Å². The number of hydrogen-bond acceptors (Lipinski definition) is 4. The molecule has 1 aliphatic rings. The van der Waals surface area contributed by atoms with Crippen molar-refractivity contribution in [2.45, 2.75) is 18.9 Å². The summed E-state index contributed by atoms with van der Waals surface area (Å²) in [6.07, 6.45) is 2.58. The molecule has 4 rings (SSSR count). The molecule has 0 radical (unpaired) electrons. The molecule has 6 nitrogen and oxygen atoms in total. The van der Waals surface area contributed by atoms with Crippen LogP contribution in [0.25, 0.3) is 16.6 Å². The van der Waals surface area contributed by atoms with Crippen molar-refractivity contribution >= 4 is 41.4 Å². The molecule has 2 aromatic heterocycles. The highest BCUT2D eigenvalue weighted by Gasteiger charge is 2.23. The molecule has 3 heterocycles. The van der Waals surface area contributed by atoms with Crippen LogP contribution in [0.15, 0.2) is 29.2 Å². The normalized spacial score (nSPS) is 17.0. The Bertz CT molecular complexity index is 901. The van der Waals surface area contributed by atoms with Crippen molar-refractivity contribution in [1.82, 2.24) is 14.4 Å². The van der Waals surface area contributed by atoms with Gasteiger partial charge in [-0.05, 0) is 24.1 Å². The summed E-state index contributed by atoms with van der Waals surface area (Å²) in [6.45, 7) is 1.94. The molecule has 0 spiro atoms. The number of methoxy groups -OCH3 is 1. The first-order chi connectivity index (χ1) is 10.8. The standard InChI is InChI=1S/C16H17N3O3.2ClH/c1-21-8-10-2-3-12-13(6-10)19-14(16(20)18-12)7-17-15(19)11-4-5-22-9-11;;/h2-3,6-7,11H,4-5,8-9H2,1H3,(H,18,20);2*1H. The Kier molecular flexibility index (Phi) is 5.87. The van der Waals surface area contributed by atoms with E-state index in [0.717, 1.165) is 35.4 Å². The van der Waals surface area contributed by atoms with Gasteiger partial charge >= 0.3 is 0 Å². The van der Waals surface area contributed by atoms with Gasteiger partial charge in [0.1, 0.15) is 11.3 Å². The highest BCUT2D eigenvalue weighted by Crippen LogP contribution is 2.26. The number of nitrogens with one attached hydrogen (secondary N) is 1. The van der Waals surface area contributed by atoms with Crippen LogP contribution in [0.5, 0.6) is 0 Å². The van der Waals surface area contributed by atoms with Gasteiger partial charge in [-0.3, -0.25) is 9.20 Å². The lowest BCUT2D eigenvalue weighted by Gasteiger charge is -2.10. The SMILES string of the molecule is COCc1ccc2[nH]c(=O)c3cnc(C4CCOC4)n3c2c1.Cl.Cl. The van der Waals surface area contributed by atoms with Crippen molar-refractivity contribution in [3.63, 3.8) is 0 Å². The average Bonchev–Trinajstić information content (AvgIpc) is 3.17. The van der Waals surface area contributed by atoms with Gasteiger partial charge in [0.05, 0.1) is 30.4 Å². The lowest BCUT2D eigenvalue weighted by molar-refractivity contribution is 0.185. The van der Waals surface area contributed by atoms with Gasteiger partial charge in [-0.2, -0.15) is 0 Å². The number of benzene rings is 1. The number of ether oxygens (including phenoxy) is 2. The molecular formula is C16H19Cl2N3O3. The van der Waals surface area contributed by atoms with Crippen molar-refractivity contribution in [3.05, 3.63) is 46.1 Å². The predicted molar refractivity (Wildman–Crippen MR) is 96.7 cm³/mol. The van der Waals surface area contributed by atoms with Crippen molar-refractivity contribution in [2.24, 2.45) is 0 Å². The molecule has 0 bridgehead atoms. The maximum Gasteiger partial charge on any atom is 0.274 e. The zero-order valence-corrected chi connectivity index (χ0v) is 14.8. The third-order valence-corrected chi connectivity index (χ3v) is 4.18. The van der Waals surface area contributed by atoms with Crippen LogP contribution in [0.4, 0.5) is 0 Å². The van der Waals surface area contributed by atoms with Crippen LogP contribution in [0, 0.1) is 0 Å². The lowest BCUT2D eigenvalue weighted by Crippen LogP contribution is -2.13. The van der Waals surface area contributed by atoms with Crippen LogP contribution in [0.3, 0.4) is 0 Å². The molecule has 8 heteroatoms. The van der Waals surface area contributed by atoms with Gasteiger partial charge in [-0.15, -0.1) is 24.8 Å². The number of aromatic amines is 1. The lowest BCUT2D eigenvalue weighted by atomic mass is 10.1. The minimum Gasteiger partial charge on any atom is -0.381 e. The van der Waals surface area contributed by atoms with Crippen molar-refractivity contribution in [3.8, 4) is 0 Å². The summed E-state index contributed by atoms with van der Waals surface area (Å²) in [4.78, 5) is 19.7. The number of hydrogen-bond donors (Lipinski definition) is 1. The molecule has 1 atom stereocenters. The monoisotopic (exact) mass is 371 g/mol. The third-order valence-electron chi connectivity index (χ3n) is 4.18. The van der Waals surface area contributed by atoms with Gasteiger partial charge in [0, 0.05) is 19.6 Å². The maximum atomic E-state index is 12.3. The van der Waals surface area contributed by atoms with Crippen molar-refractivity contribution in [1.29, 1.82) is 0 Å². The average molecular weight is 372 g/mol. The Balaban J connectivity index is 0.00000104. The summed E-state index contributed by atoms with van der Waals surface area (Å²) in [5, 5.41) is 0. The van der Waals surface area contributed by atoms with Crippen LogP contribution in [0.2, 0.25) is 0 Å². The molecular weight excluding hydrogens is 353 g/mol. The third kappa shape index (κ3) is 3.02. The van der Waals surface area contributed by atoms with E-state index in [0.29, 0.717) is 18.7 Å². The minimum atomic E-state index is -0.121. The summed E-state index contributed by atoms with van der Waals surface area (Å²) < 4.78 is 12.6. The van der Waals surface area contributed by atoms with E-state index >= 15 is 0 Å². The molecule has 1 fully saturated rings. The Morgan fingerprint density at radius 1 is 1.38 bits per heavy atom. The number of halogens is 2. The van der Waals surface area contributed by atoms with Gasteiger partial charge in [-0.1, -0.05) is 6.07 Å². The molecule has 130 valence electrons. The molecule has 1 unspecified atom stereocenters. The van der Waals surface area contributed by atoms with E-state index < -0.39 is 0 Å². The zero-order chi connectivity index (χ0) is 15.1. The van der Waals surface area contributed by atoms with Crippen molar-refractivity contribution < 1.29 is 9.47 Å². The number of aromatic nitrogens is 3. The van der Waals surface area contributed by atoms with E-state index in [1.807, 2.05) is 22.6 Å². The highest BCUT2D eigenvalue weighted by molar-refractivity contribution is 5.85. The number of fused-ring (bicyclic) bond motifs is 3. The van der Waals surface area contributed by atoms with E-state index in [1.165, 1.54) is 0 Å². The first kappa shape index (κ1) is 18.7. The number of H-pyrrole nitrogens is 1. The summed E-state index contributed by atoms with van der Waals surface area (Å²) in [6, 6.07) is 5.92. The first-order valence-corrected chi connectivity index (χ1v) is 7.37. The van der Waals surface area contributed by atoms with Crippen LogP contribution in [-0.2, 0) is 16.1 Å². The summed E-state index contributed by atoms with van der Waals surface area (Å²) >= 11 is 0. The second-order valence-electron chi connectivity index (χ2n) is 5.64. The number of rotatable bonds is 3. The second kappa shape index (κ2) is 7.53. The molecule has 3 aromatic rings. The molecule has 1 aromatic carbocycles. The molecule has 0 amide bonds. The zero-order valence-electron chi connectivity index (χ0n) is 13.2. The smallest absolute Gasteiger partial charge is 0.274 e. The van der Waals surface area contributed by atoms with Gasteiger partial charge < -0.3 is 14.5 Å². The first-order valence-electron chi connectivity index (χ1n) is 7.37. The molecule has 1 aliphatic heterocycles. The van der Waals surface area contributed by atoms with Crippen LogP contribution < -0.4 is 5.56 Å². The van der Waals surface area contributed by atoms with E-state index in [4.69, 9.17) is 9.47 Å². The predicted octanol–water partition coefficient (Wildman–Crippen LogP) is 2.67. The fourth-order valence-corrected chi connectivity index (χ4v) is 3.12. The largest absolute Gasteiger partial charge is 0.381 e. The van der Waals surface area contributed by atoms with Crippen LogP contribution >= 0.6 is 24.8 Å². The maximum absolute atomic E-state index is 12.3. The molecule has 0 saturated carbocycles. The fourth-order valence-electron chi connectivity index (χ4n) is 3.12. The topological polar surface area (TPSA) is 68.6 Å². The van der Waals surface area contributed by atoms with Crippen LogP contribution in [0.1, 0.15) is 23.7 Å².